The van der Waals surface area contributed by atoms with E-state index in [1.165, 1.54) is 0 Å². The van der Waals surface area contributed by atoms with Crippen molar-refractivity contribution in [3.63, 3.8) is 0 Å². The average Bonchev–Trinajstić information content (AvgIpc) is 3.46. The summed E-state index contributed by atoms with van der Waals surface area (Å²) >= 11 is 0. The minimum Gasteiger partial charge on any atom is -0.497 e. The summed E-state index contributed by atoms with van der Waals surface area (Å²) in [4.78, 5) is 22.9. The molecule has 0 aliphatic carbocycles. The molecule has 9 heteroatoms. The van der Waals surface area contributed by atoms with Crippen LogP contribution < -0.4 is 20.1 Å². The van der Waals surface area contributed by atoms with Crippen molar-refractivity contribution in [1.29, 1.82) is 0 Å². The van der Waals surface area contributed by atoms with Gasteiger partial charge < -0.3 is 20.1 Å². The predicted octanol–water partition coefficient (Wildman–Crippen LogP) is 6.53. The zero-order valence-electron chi connectivity index (χ0n) is 24.2. The minimum atomic E-state index is -0.237. The molecule has 1 amide bonds. The first-order chi connectivity index (χ1) is 20.5. The summed E-state index contributed by atoms with van der Waals surface area (Å²) in [7, 11) is 3.25. The lowest BCUT2D eigenvalue weighted by Gasteiger charge is -2.15. The van der Waals surface area contributed by atoms with Gasteiger partial charge >= 0.3 is 0 Å². The topological polar surface area (TPSA) is 103 Å². The van der Waals surface area contributed by atoms with Crippen LogP contribution in [-0.2, 0) is 19.4 Å². The van der Waals surface area contributed by atoms with E-state index in [-0.39, 0.29) is 5.91 Å². The Bertz CT molecular complexity index is 1660. The van der Waals surface area contributed by atoms with Crippen molar-refractivity contribution in [3.8, 4) is 22.9 Å². The number of methoxy groups -OCH3 is 2. The number of carbonyl (C=O) groups is 1. The molecule has 5 rings (SSSR count). The van der Waals surface area contributed by atoms with Crippen LogP contribution in [0.1, 0.15) is 41.0 Å². The van der Waals surface area contributed by atoms with Gasteiger partial charge in [-0.25, -0.2) is 9.97 Å². The normalized spacial score (nSPS) is 10.8. The number of hydrogen-bond acceptors (Lipinski definition) is 7. The molecule has 0 aliphatic rings. The van der Waals surface area contributed by atoms with Crippen molar-refractivity contribution < 1.29 is 14.3 Å². The Morgan fingerprint density at radius 3 is 2.29 bits per heavy atom. The maximum absolute atomic E-state index is 13.8. The third-order valence-electron chi connectivity index (χ3n) is 7.01. The second kappa shape index (κ2) is 13.0. The second-order valence-electron chi connectivity index (χ2n) is 9.62. The summed E-state index contributed by atoms with van der Waals surface area (Å²) in [6.45, 7) is 4.56. The standard InChI is InChI=1S/C33H34N6O3/c1-5-23-10-9-11-24(6-2)31(23)37-32(40)29-20-28(38-39(29)21-22-14-16-25(41-3)17-15-22)26-18-19-34-33(35-26)36-27-12-7-8-13-30(27)42-4/h7-20H,5-6,21H2,1-4H3,(H,37,40)(H,34,35,36). The minimum absolute atomic E-state index is 0.237. The van der Waals surface area contributed by atoms with Crippen LogP contribution in [0.4, 0.5) is 17.3 Å². The number of rotatable bonds is 11. The average molecular weight is 563 g/mol. The monoisotopic (exact) mass is 562 g/mol. The SMILES string of the molecule is CCc1cccc(CC)c1NC(=O)c1cc(-c2ccnc(Nc3ccccc3OC)n2)nn1Cc1ccc(OC)cc1. The first kappa shape index (κ1) is 28.4. The number of amides is 1. The van der Waals surface area contributed by atoms with E-state index in [1.54, 1.807) is 37.2 Å². The van der Waals surface area contributed by atoms with Gasteiger partial charge in [0.05, 0.1) is 32.1 Å². The van der Waals surface area contributed by atoms with Crippen LogP contribution in [-0.4, -0.2) is 39.9 Å². The van der Waals surface area contributed by atoms with Gasteiger partial charge in [-0.1, -0.05) is 56.3 Å². The predicted molar refractivity (Wildman–Crippen MR) is 165 cm³/mol. The summed E-state index contributed by atoms with van der Waals surface area (Å²) < 4.78 is 12.5. The van der Waals surface area contributed by atoms with E-state index in [1.807, 2.05) is 66.7 Å². The Morgan fingerprint density at radius 2 is 1.60 bits per heavy atom. The molecule has 0 unspecified atom stereocenters. The fourth-order valence-electron chi connectivity index (χ4n) is 4.76. The summed E-state index contributed by atoms with van der Waals surface area (Å²) in [5.74, 6) is 1.58. The Morgan fingerprint density at radius 1 is 0.857 bits per heavy atom. The van der Waals surface area contributed by atoms with Gasteiger partial charge in [-0.05, 0) is 65.9 Å². The van der Waals surface area contributed by atoms with Crippen LogP contribution in [0, 0.1) is 0 Å². The summed E-state index contributed by atoms with van der Waals surface area (Å²) in [6, 6.07) is 24.9. The van der Waals surface area contributed by atoms with Crippen molar-refractivity contribution in [3.05, 3.63) is 107 Å². The Labute approximate surface area is 245 Å². The quantitative estimate of drug-likeness (QED) is 0.189. The van der Waals surface area contributed by atoms with Crippen molar-refractivity contribution in [2.45, 2.75) is 33.2 Å². The van der Waals surface area contributed by atoms with E-state index in [9.17, 15) is 4.79 Å². The molecule has 0 bridgehead atoms. The number of carbonyl (C=O) groups excluding carboxylic acids is 1. The molecule has 214 valence electrons. The van der Waals surface area contributed by atoms with Crippen molar-refractivity contribution in [1.82, 2.24) is 19.7 Å². The fourth-order valence-corrected chi connectivity index (χ4v) is 4.76. The number of aryl methyl sites for hydroxylation is 2. The van der Waals surface area contributed by atoms with Gasteiger partial charge in [0.1, 0.15) is 22.9 Å². The highest BCUT2D eigenvalue weighted by Gasteiger charge is 2.20. The highest BCUT2D eigenvalue weighted by Crippen LogP contribution is 2.28. The molecule has 0 aliphatic heterocycles. The molecule has 0 saturated heterocycles. The van der Waals surface area contributed by atoms with E-state index < -0.39 is 0 Å². The van der Waals surface area contributed by atoms with Crippen molar-refractivity contribution in [2.24, 2.45) is 0 Å². The molecule has 0 saturated carbocycles. The highest BCUT2D eigenvalue weighted by molar-refractivity contribution is 6.04. The van der Waals surface area contributed by atoms with E-state index in [4.69, 9.17) is 19.6 Å². The lowest BCUT2D eigenvalue weighted by molar-refractivity contribution is 0.101. The highest BCUT2D eigenvalue weighted by atomic mass is 16.5. The van der Waals surface area contributed by atoms with Gasteiger partial charge in [-0.3, -0.25) is 9.48 Å². The lowest BCUT2D eigenvalue weighted by Crippen LogP contribution is -2.20. The van der Waals surface area contributed by atoms with E-state index in [0.717, 1.165) is 46.7 Å². The van der Waals surface area contributed by atoms with Gasteiger partial charge in [-0.2, -0.15) is 5.10 Å². The molecule has 2 heterocycles. The number of anilines is 3. The third kappa shape index (κ3) is 6.25. The molecule has 0 spiro atoms. The molecule has 5 aromatic rings. The molecular formula is C33H34N6O3. The van der Waals surface area contributed by atoms with Gasteiger partial charge in [-0.15, -0.1) is 0 Å². The second-order valence-corrected chi connectivity index (χ2v) is 9.62. The van der Waals surface area contributed by atoms with Crippen molar-refractivity contribution in [2.75, 3.05) is 24.9 Å². The smallest absolute Gasteiger partial charge is 0.273 e. The summed E-state index contributed by atoms with van der Waals surface area (Å²) in [5.41, 5.74) is 6.31. The fraction of sp³-hybridized carbons (Fsp3) is 0.212. The first-order valence-corrected chi connectivity index (χ1v) is 13.9. The van der Waals surface area contributed by atoms with Gasteiger partial charge in [0, 0.05) is 11.9 Å². The van der Waals surface area contributed by atoms with Gasteiger partial charge in [0.25, 0.3) is 5.91 Å². The number of para-hydroxylation sites is 3. The van der Waals surface area contributed by atoms with E-state index in [2.05, 4.69) is 29.5 Å². The lowest BCUT2D eigenvalue weighted by atomic mass is 10.0. The molecule has 3 aromatic carbocycles. The van der Waals surface area contributed by atoms with Crippen LogP contribution in [0.15, 0.2) is 85.1 Å². The van der Waals surface area contributed by atoms with Crippen LogP contribution >= 0.6 is 0 Å². The molecule has 0 atom stereocenters. The number of aromatic nitrogens is 4. The molecule has 2 N–H and O–H groups in total. The van der Waals surface area contributed by atoms with Gasteiger partial charge in [0.2, 0.25) is 5.95 Å². The number of nitrogens with one attached hydrogen (secondary N) is 2. The summed E-state index contributed by atoms with van der Waals surface area (Å²) in [5, 5.41) is 11.2. The zero-order valence-corrected chi connectivity index (χ0v) is 24.2. The number of hydrogen-bond donors (Lipinski definition) is 2. The van der Waals surface area contributed by atoms with E-state index in [0.29, 0.717) is 35.3 Å². The Hall–Kier alpha value is -5.18. The Balaban J connectivity index is 1.51. The van der Waals surface area contributed by atoms with Crippen LogP contribution in [0.5, 0.6) is 11.5 Å². The van der Waals surface area contributed by atoms with Crippen LogP contribution in [0.25, 0.3) is 11.4 Å². The molecule has 42 heavy (non-hydrogen) atoms. The van der Waals surface area contributed by atoms with Crippen LogP contribution in [0.3, 0.4) is 0 Å². The number of ether oxygens (including phenoxy) is 2. The molecule has 0 radical (unpaired) electrons. The Kier molecular flexibility index (Phi) is 8.77. The maximum Gasteiger partial charge on any atom is 0.273 e. The number of nitrogens with zero attached hydrogens (tertiary/aromatic N) is 4. The molecule has 9 nitrogen and oxygen atoms in total. The number of benzene rings is 3. The van der Waals surface area contributed by atoms with Gasteiger partial charge in [0.15, 0.2) is 0 Å². The molecule has 2 aromatic heterocycles. The summed E-state index contributed by atoms with van der Waals surface area (Å²) in [6.07, 6.45) is 3.28. The molecular weight excluding hydrogens is 528 g/mol. The third-order valence-corrected chi connectivity index (χ3v) is 7.01. The first-order valence-electron chi connectivity index (χ1n) is 13.9. The zero-order chi connectivity index (χ0) is 29.5. The molecule has 0 fully saturated rings. The largest absolute Gasteiger partial charge is 0.497 e. The maximum atomic E-state index is 13.8. The van der Waals surface area contributed by atoms with Crippen molar-refractivity contribution >= 4 is 23.2 Å². The van der Waals surface area contributed by atoms with Crippen LogP contribution in [0.2, 0.25) is 0 Å². The van der Waals surface area contributed by atoms with E-state index >= 15 is 0 Å².